The smallest absolute Gasteiger partial charge is 0.132 e. The zero-order chi connectivity index (χ0) is 35.8. The number of allylic oxidation sites excluding steroid dienone is 5. The predicted octanol–water partition coefficient (Wildman–Crippen LogP) is 11.5. The van der Waals surface area contributed by atoms with Crippen LogP contribution in [0.5, 0.6) is 0 Å². The summed E-state index contributed by atoms with van der Waals surface area (Å²) in [6.45, 7) is 18.1. The number of likely N-dealkylation sites (tertiary alicyclic amines) is 1. The second kappa shape index (κ2) is 21.6. The lowest BCUT2D eigenvalue weighted by Gasteiger charge is -2.58. The van der Waals surface area contributed by atoms with E-state index in [4.69, 9.17) is 24.3 Å². The summed E-state index contributed by atoms with van der Waals surface area (Å²) in [5, 5.41) is 5.50. The molecule has 9 atom stereocenters. The van der Waals surface area contributed by atoms with E-state index >= 15 is 0 Å². The van der Waals surface area contributed by atoms with Crippen LogP contribution >= 0.6 is 0 Å². The molecule has 0 amide bonds. The average molecular weight is 702 g/mol. The van der Waals surface area contributed by atoms with Gasteiger partial charge in [0.1, 0.15) is 6.10 Å². The summed E-state index contributed by atoms with van der Waals surface area (Å²) in [6, 6.07) is 0. The van der Waals surface area contributed by atoms with Gasteiger partial charge in [-0.25, -0.2) is 4.89 Å². The predicted molar refractivity (Wildman–Crippen MR) is 209 cm³/mol. The lowest BCUT2D eigenvalue weighted by molar-refractivity contribution is -0.541. The highest BCUT2D eigenvalue weighted by Gasteiger charge is 2.58. The topological polar surface area (TPSA) is 49.4 Å². The van der Waals surface area contributed by atoms with Crippen LogP contribution in [0.1, 0.15) is 152 Å². The van der Waals surface area contributed by atoms with E-state index in [1.807, 2.05) is 0 Å². The second-order valence-corrected chi connectivity index (χ2v) is 16.8. The van der Waals surface area contributed by atoms with Crippen LogP contribution in [0.4, 0.5) is 0 Å². The molecular weight excluding hydrogens is 622 g/mol. The van der Waals surface area contributed by atoms with Gasteiger partial charge < -0.3 is 9.47 Å². The van der Waals surface area contributed by atoms with Crippen LogP contribution in [0, 0.1) is 34.5 Å². The number of methoxy groups -OCH3 is 1. The van der Waals surface area contributed by atoms with Crippen molar-refractivity contribution in [3.8, 4) is 0 Å². The van der Waals surface area contributed by atoms with Crippen molar-refractivity contribution in [1.29, 1.82) is 0 Å². The normalized spacial score (nSPS) is 34.7. The van der Waals surface area contributed by atoms with Crippen LogP contribution in [0.25, 0.3) is 0 Å². The number of nitrogens with zero attached hydrogens (tertiary/aromatic N) is 1. The first-order chi connectivity index (χ1) is 24.3. The van der Waals surface area contributed by atoms with Gasteiger partial charge in [-0.15, -0.1) is 0 Å². The summed E-state index contributed by atoms with van der Waals surface area (Å²) in [4.78, 5) is 14.1. The molecule has 0 spiro atoms. The summed E-state index contributed by atoms with van der Waals surface area (Å²) in [6.07, 6.45) is 32.9. The molecule has 6 nitrogen and oxygen atoms in total. The fraction of sp³-hybridized carbons (Fsp3) is 0.864. The highest BCUT2D eigenvalue weighted by Crippen LogP contribution is 2.66. The summed E-state index contributed by atoms with van der Waals surface area (Å²) >= 11 is 0. The van der Waals surface area contributed by atoms with Gasteiger partial charge in [-0.3, -0.25) is 4.90 Å². The van der Waals surface area contributed by atoms with Gasteiger partial charge in [0.2, 0.25) is 0 Å². The molecule has 5 rings (SSSR count). The van der Waals surface area contributed by atoms with Crippen molar-refractivity contribution >= 4 is 0 Å². The molecule has 50 heavy (non-hydrogen) atoms. The van der Waals surface area contributed by atoms with Crippen molar-refractivity contribution in [2.24, 2.45) is 34.5 Å². The Morgan fingerprint density at radius 3 is 2.52 bits per heavy atom. The van der Waals surface area contributed by atoms with Gasteiger partial charge in [-0.05, 0) is 125 Å². The van der Waals surface area contributed by atoms with E-state index in [1.54, 1.807) is 12.7 Å². The number of ether oxygens (including phenoxy) is 2. The maximum Gasteiger partial charge on any atom is 0.132 e. The van der Waals surface area contributed by atoms with Crippen LogP contribution < -0.4 is 0 Å². The van der Waals surface area contributed by atoms with Gasteiger partial charge in [0, 0.05) is 34.8 Å². The monoisotopic (exact) mass is 702 g/mol. The molecule has 6 heteroatoms. The van der Waals surface area contributed by atoms with Gasteiger partial charge in [0.15, 0.2) is 0 Å². The molecule has 3 unspecified atom stereocenters. The van der Waals surface area contributed by atoms with Crippen molar-refractivity contribution in [2.45, 2.75) is 169 Å². The quantitative estimate of drug-likeness (QED) is 0.0578. The van der Waals surface area contributed by atoms with E-state index in [1.165, 1.54) is 70.6 Å². The third kappa shape index (κ3) is 11.2. The van der Waals surface area contributed by atoms with E-state index < -0.39 is 0 Å². The minimum Gasteiger partial charge on any atom is -0.380 e. The first-order valence-corrected chi connectivity index (χ1v) is 21.1. The molecule has 0 radical (unpaired) electrons. The van der Waals surface area contributed by atoms with Crippen LogP contribution in [0.2, 0.25) is 0 Å². The average Bonchev–Trinajstić information content (AvgIpc) is 3.73. The Balaban J connectivity index is 0.000000508. The van der Waals surface area contributed by atoms with Crippen LogP contribution in [-0.4, -0.2) is 63.2 Å². The minimum absolute atomic E-state index is 0. The Kier molecular flexibility index (Phi) is 18.0. The molecule has 0 bridgehead atoms. The molecule has 0 aromatic heterocycles. The van der Waals surface area contributed by atoms with Crippen molar-refractivity contribution in [3.05, 3.63) is 36.0 Å². The molecule has 3 saturated carbocycles. The largest absolute Gasteiger partial charge is 0.380 e. The highest BCUT2D eigenvalue weighted by molar-refractivity contribution is 5.25. The third-order valence-electron chi connectivity index (χ3n) is 13.7. The third-order valence-corrected chi connectivity index (χ3v) is 13.7. The fourth-order valence-corrected chi connectivity index (χ4v) is 10.6. The van der Waals surface area contributed by atoms with Gasteiger partial charge in [-0.1, -0.05) is 101 Å². The lowest BCUT2D eigenvalue weighted by Crippen LogP contribution is -2.50. The van der Waals surface area contributed by atoms with Crippen LogP contribution in [0.3, 0.4) is 0 Å². The zero-order valence-corrected chi connectivity index (χ0v) is 33.5. The molecule has 4 fully saturated rings. The van der Waals surface area contributed by atoms with E-state index in [9.17, 15) is 0 Å². The minimum atomic E-state index is -0.170. The standard InChI is InChI=1S/C33H57NO5.C11H20.H2/c1-6-8-19-36-23-28(22-34-18-15-27(21-34)35-5)38-39-37-26-13-16-33(4)25(20-26)9-11-29-30-12-10-24(7-2)32(30,3)17-14-31(29)33;1-3-5-7-9-11-10-8-6-4-2;/h9,24,26-31H,6-8,10-23H2,1-5H3;3,5,9,11H,4,6-8,10H2,1-2H3;1H/b;5-3-,11-9-;/t24?,26-,27?,28?,29-,30-,31-,32+,33-;;/m0../s1. The van der Waals surface area contributed by atoms with Gasteiger partial charge in [0.25, 0.3) is 0 Å². The van der Waals surface area contributed by atoms with Crippen LogP contribution in [-0.2, 0) is 24.3 Å². The lowest BCUT2D eigenvalue weighted by atomic mass is 9.47. The van der Waals surface area contributed by atoms with Crippen molar-refractivity contribution in [2.75, 3.05) is 40.0 Å². The molecule has 0 aromatic carbocycles. The first kappa shape index (κ1) is 41.7. The Hall–Kier alpha value is -1.02. The summed E-state index contributed by atoms with van der Waals surface area (Å²) < 4.78 is 11.4. The molecule has 5 aliphatic rings. The maximum absolute atomic E-state index is 5.93. The number of hydrogen-bond acceptors (Lipinski definition) is 6. The SMILES string of the molecule is C/C=C\C/C=C\CCCCC.CCCCOCC(CN1CCC(OC)C1)OOO[C@H]1CC[C@@]2(C)C(=CC[C@@H]3[C@@H]2CC[C@]2(C)C(CC)CC[C@@H]32)C1.[HH]. The molecule has 290 valence electrons. The Morgan fingerprint density at radius 1 is 0.940 bits per heavy atom. The van der Waals surface area contributed by atoms with Crippen LogP contribution in [0.15, 0.2) is 36.0 Å². The van der Waals surface area contributed by atoms with E-state index in [0.717, 1.165) is 88.4 Å². The molecule has 0 aromatic rings. The molecule has 0 N–H and O–H groups in total. The molecule has 1 saturated heterocycles. The zero-order valence-electron chi connectivity index (χ0n) is 33.5. The Labute approximate surface area is 309 Å². The summed E-state index contributed by atoms with van der Waals surface area (Å²) in [7, 11) is 1.80. The van der Waals surface area contributed by atoms with E-state index in [-0.39, 0.29) is 13.6 Å². The van der Waals surface area contributed by atoms with E-state index in [0.29, 0.717) is 23.5 Å². The number of hydrogen-bond donors (Lipinski definition) is 0. The van der Waals surface area contributed by atoms with E-state index in [2.05, 4.69) is 76.8 Å². The molecule has 4 aliphatic carbocycles. The Morgan fingerprint density at radius 2 is 1.78 bits per heavy atom. The second-order valence-electron chi connectivity index (χ2n) is 16.8. The number of rotatable bonds is 19. The molecule has 1 heterocycles. The Bertz CT molecular complexity index is 1050. The molecular formula is C44H79NO5. The fourth-order valence-electron chi connectivity index (χ4n) is 10.6. The highest BCUT2D eigenvalue weighted by atomic mass is 17.5. The van der Waals surface area contributed by atoms with Crippen molar-refractivity contribution in [3.63, 3.8) is 0 Å². The maximum atomic E-state index is 5.93. The van der Waals surface area contributed by atoms with Gasteiger partial charge >= 0.3 is 0 Å². The first-order valence-electron chi connectivity index (χ1n) is 21.1. The number of fused-ring (bicyclic) bond motifs is 5. The van der Waals surface area contributed by atoms with Crippen molar-refractivity contribution < 1.29 is 25.7 Å². The van der Waals surface area contributed by atoms with Gasteiger partial charge in [-0.2, -0.15) is 4.89 Å². The summed E-state index contributed by atoms with van der Waals surface area (Å²) in [5.74, 6) is 3.58. The van der Waals surface area contributed by atoms with Crippen molar-refractivity contribution in [1.82, 2.24) is 4.90 Å². The van der Waals surface area contributed by atoms with Gasteiger partial charge in [0.05, 0.1) is 18.8 Å². The molecule has 1 aliphatic heterocycles. The number of unbranched alkanes of at least 4 members (excludes halogenated alkanes) is 4. The summed E-state index contributed by atoms with van der Waals surface area (Å²) in [5.41, 5.74) is 2.54.